The van der Waals surface area contributed by atoms with Crippen LogP contribution in [0.5, 0.6) is 0 Å². The number of pyridine rings is 1. The Hall–Kier alpha value is -2.41. The van der Waals surface area contributed by atoms with Gasteiger partial charge in [-0.15, -0.1) is 0 Å². The molecule has 0 N–H and O–H groups in total. The lowest BCUT2D eigenvalue weighted by Crippen LogP contribution is -1.83. The van der Waals surface area contributed by atoms with Crippen molar-refractivity contribution in [2.75, 3.05) is 0 Å². The molecule has 2 aromatic carbocycles. The maximum absolute atomic E-state index is 4.05. The Bertz CT molecular complexity index is 722. The van der Waals surface area contributed by atoms with Crippen LogP contribution in [0, 0.1) is 0 Å². The maximum atomic E-state index is 4.05. The standard InChI is InChI=1S/C18H15N/c1-14(13-15-9-11-19-12-10-15)17-8-4-6-16-5-2-3-7-18(16)17/h2-13H,1H3/b14-13+. The number of allylic oxidation sites excluding steroid dienone is 1. The SMILES string of the molecule is C/C(=C\c1ccncc1)c1cccc2ccccc12. The van der Waals surface area contributed by atoms with E-state index < -0.39 is 0 Å². The second-order valence-electron chi connectivity index (χ2n) is 4.63. The first-order chi connectivity index (χ1) is 9.34. The van der Waals surface area contributed by atoms with Gasteiger partial charge < -0.3 is 0 Å². The van der Waals surface area contributed by atoms with E-state index in [1.807, 2.05) is 24.5 Å². The molecule has 1 heterocycles. The van der Waals surface area contributed by atoms with E-state index in [4.69, 9.17) is 0 Å². The average molecular weight is 245 g/mol. The molecule has 0 saturated carbocycles. The van der Waals surface area contributed by atoms with Crippen LogP contribution in [0.15, 0.2) is 67.0 Å². The number of rotatable bonds is 2. The minimum absolute atomic E-state index is 1.18. The molecule has 0 aliphatic heterocycles. The summed E-state index contributed by atoms with van der Waals surface area (Å²) in [5, 5.41) is 2.58. The molecule has 92 valence electrons. The number of hydrogen-bond donors (Lipinski definition) is 0. The summed E-state index contributed by atoms with van der Waals surface area (Å²) in [7, 11) is 0. The Morgan fingerprint density at radius 1 is 0.895 bits per heavy atom. The predicted octanol–water partition coefficient (Wildman–Crippen LogP) is 4.80. The molecule has 0 unspecified atom stereocenters. The lowest BCUT2D eigenvalue weighted by Gasteiger charge is -2.07. The monoisotopic (exact) mass is 245 g/mol. The first-order valence-corrected chi connectivity index (χ1v) is 6.41. The van der Waals surface area contributed by atoms with Crippen LogP contribution in [0.3, 0.4) is 0 Å². The largest absolute Gasteiger partial charge is 0.265 e. The number of aromatic nitrogens is 1. The van der Waals surface area contributed by atoms with E-state index in [-0.39, 0.29) is 0 Å². The Morgan fingerprint density at radius 2 is 1.63 bits per heavy atom. The highest BCUT2D eigenvalue weighted by Crippen LogP contribution is 2.26. The quantitative estimate of drug-likeness (QED) is 0.632. The summed E-state index contributed by atoms with van der Waals surface area (Å²) < 4.78 is 0. The second-order valence-corrected chi connectivity index (χ2v) is 4.63. The molecule has 3 rings (SSSR count). The van der Waals surface area contributed by atoms with Crippen LogP contribution in [0.1, 0.15) is 18.1 Å². The van der Waals surface area contributed by atoms with Crippen molar-refractivity contribution in [3.05, 3.63) is 78.1 Å². The van der Waals surface area contributed by atoms with Crippen molar-refractivity contribution in [1.82, 2.24) is 4.98 Å². The summed E-state index contributed by atoms with van der Waals surface area (Å²) >= 11 is 0. The van der Waals surface area contributed by atoms with Crippen LogP contribution in [0.25, 0.3) is 22.4 Å². The molecular formula is C18H15N. The molecule has 1 aromatic heterocycles. The first-order valence-electron chi connectivity index (χ1n) is 6.41. The van der Waals surface area contributed by atoms with Crippen molar-refractivity contribution in [2.24, 2.45) is 0 Å². The molecule has 0 amide bonds. The summed E-state index contributed by atoms with van der Waals surface area (Å²) in [6, 6.07) is 19.0. The summed E-state index contributed by atoms with van der Waals surface area (Å²) in [5.41, 5.74) is 3.73. The van der Waals surface area contributed by atoms with Crippen LogP contribution < -0.4 is 0 Å². The third kappa shape index (κ3) is 2.41. The zero-order valence-corrected chi connectivity index (χ0v) is 10.9. The molecule has 0 radical (unpaired) electrons. The molecule has 0 aliphatic rings. The highest BCUT2D eigenvalue weighted by molar-refractivity contribution is 5.96. The highest BCUT2D eigenvalue weighted by atomic mass is 14.6. The Kier molecular flexibility index (Phi) is 3.11. The fraction of sp³-hybridized carbons (Fsp3) is 0.0556. The Labute approximate surface area is 113 Å². The molecule has 0 saturated heterocycles. The van der Waals surface area contributed by atoms with Crippen molar-refractivity contribution in [3.63, 3.8) is 0 Å². The van der Waals surface area contributed by atoms with Gasteiger partial charge in [-0.25, -0.2) is 0 Å². The third-order valence-electron chi connectivity index (χ3n) is 3.30. The van der Waals surface area contributed by atoms with Crippen LogP contribution in [-0.4, -0.2) is 4.98 Å². The van der Waals surface area contributed by atoms with Crippen LogP contribution in [-0.2, 0) is 0 Å². The van der Waals surface area contributed by atoms with Gasteiger partial charge in [0.2, 0.25) is 0 Å². The third-order valence-corrected chi connectivity index (χ3v) is 3.30. The molecule has 1 heteroatoms. The Morgan fingerprint density at radius 3 is 2.47 bits per heavy atom. The minimum Gasteiger partial charge on any atom is -0.265 e. The fourth-order valence-corrected chi connectivity index (χ4v) is 2.36. The predicted molar refractivity (Wildman–Crippen MR) is 81.7 cm³/mol. The number of benzene rings is 2. The van der Waals surface area contributed by atoms with Crippen LogP contribution in [0.2, 0.25) is 0 Å². The highest BCUT2D eigenvalue weighted by Gasteiger charge is 2.01. The molecule has 1 nitrogen and oxygen atoms in total. The van der Waals surface area contributed by atoms with Gasteiger partial charge in [-0.3, -0.25) is 4.98 Å². The van der Waals surface area contributed by atoms with E-state index in [1.165, 1.54) is 27.5 Å². The van der Waals surface area contributed by atoms with E-state index in [0.717, 1.165) is 0 Å². The molecule has 0 spiro atoms. The van der Waals surface area contributed by atoms with Gasteiger partial charge in [0.15, 0.2) is 0 Å². The van der Waals surface area contributed by atoms with E-state index in [2.05, 4.69) is 60.4 Å². The number of hydrogen-bond acceptors (Lipinski definition) is 1. The minimum atomic E-state index is 1.18. The van der Waals surface area contributed by atoms with Gasteiger partial charge in [-0.2, -0.15) is 0 Å². The van der Waals surface area contributed by atoms with Gasteiger partial charge in [0.05, 0.1) is 0 Å². The van der Waals surface area contributed by atoms with Gasteiger partial charge in [0.25, 0.3) is 0 Å². The van der Waals surface area contributed by atoms with E-state index in [9.17, 15) is 0 Å². The number of fused-ring (bicyclic) bond motifs is 1. The molecule has 0 bridgehead atoms. The zero-order chi connectivity index (χ0) is 13.1. The van der Waals surface area contributed by atoms with Crippen molar-refractivity contribution < 1.29 is 0 Å². The first kappa shape index (κ1) is 11.7. The summed E-state index contributed by atoms with van der Waals surface area (Å²) in [6.45, 7) is 2.15. The van der Waals surface area contributed by atoms with E-state index in [0.29, 0.717) is 0 Å². The molecular weight excluding hydrogens is 230 g/mol. The van der Waals surface area contributed by atoms with E-state index >= 15 is 0 Å². The van der Waals surface area contributed by atoms with Crippen molar-refractivity contribution in [1.29, 1.82) is 0 Å². The van der Waals surface area contributed by atoms with Gasteiger partial charge >= 0.3 is 0 Å². The van der Waals surface area contributed by atoms with Crippen molar-refractivity contribution >= 4 is 22.4 Å². The van der Waals surface area contributed by atoms with Crippen molar-refractivity contribution in [2.45, 2.75) is 6.92 Å². The van der Waals surface area contributed by atoms with Gasteiger partial charge in [-0.1, -0.05) is 48.5 Å². The lowest BCUT2D eigenvalue weighted by atomic mass is 9.98. The maximum Gasteiger partial charge on any atom is 0.0273 e. The average Bonchev–Trinajstić information content (AvgIpc) is 2.47. The molecule has 0 aliphatic carbocycles. The molecule has 19 heavy (non-hydrogen) atoms. The van der Waals surface area contributed by atoms with Gasteiger partial charge in [0, 0.05) is 12.4 Å². The fourth-order valence-electron chi connectivity index (χ4n) is 2.36. The second kappa shape index (κ2) is 5.07. The van der Waals surface area contributed by atoms with Crippen LogP contribution >= 0.6 is 0 Å². The molecule has 0 fully saturated rings. The summed E-state index contributed by atoms with van der Waals surface area (Å²) in [4.78, 5) is 4.05. The summed E-state index contributed by atoms with van der Waals surface area (Å²) in [6.07, 6.45) is 5.84. The van der Waals surface area contributed by atoms with Crippen LogP contribution in [0.4, 0.5) is 0 Å². The van der Waals surface area contributed by atoms with Gasteiger partial charge in [0.1, 0.15) is 0 Å². The van der Waals surface area contributed by atoms with Gasteiger partial charge in [-0.05, 0) is 46.5 Å². The van der Waals surface area contributed by atoms with E-state index in [1.54, 1.807) is 0 Å². The number of nitrogens with zero attached hydrogens (tertiary/aromatic N) is 1. The van der Waals surface area contributed by atoms with Crippen molar-refractivity contribution in [3.8, 4) is 0 Å². The lowest BCUT2D eigenvalue weighted by molar-refractivity contribution is 1.32. The molecule has 3 aromatic rings. The topological polar surface area (TPSA) is 12.9 Å². The molecule has 0 atom stereocenters. The normalized spacial score (nSPS) is 11.7. The summed E-state index contributed by atoms with van der Waals surface area (Å²) in [5.74, 6) is 0. The Balaban J connectivity index is 2.12. The zero-order valence-electron chi connectivity index (χ0n) is 10.9. The smallest absolute Gasteiger partial charge is 0.0273 e.